The Balaban J connectivity index is 0.00000225. The van der Waals surface area contributed by atoms with Crippen LogP contribution in [0.25, 0.3) is 0 Å². The number of piperidine rings is 2. The summed E-state index contributed by atoms with van der Waals surface area (Å²) < 4.78 is 0. The van der Waals surface area contributed by atoms with Gasteiger partial charge in [0.15, 0.2) is 0 Å². The molecule has 1 atom stereocenters. The van der Waals surface area contributed by atoms with Crippen LogP contribution in [-0.2, 0) is 9.59 Å². The number of nitrogens with zero attached hydrogens (tertiary/aromatic N) is 2. The summed E-state index contributed by atoms with van der Waals surface area (Å²) in [6.45, 7) is 5.43. The molecule has 25 heavy (non-hydrogen) atoms. The van der Waals surface area contributed by atoms with Crippen molar-refractivity contribution in [2.24, 2.45) is 17.6 Å². The molecule has 2 aliphatic heterocycles. The molecule has 0 spiro atoms. The van der Waals surface area contributed by atoms with Gasteiger partial charge in [-0.1, -0.05) is 26.2 Å². The van der Waals surface area contributed by atoms with E-state index < -0.39 is 5.54 Å². The predicted molar refractivity (Wildman–Crippen MR) is 102 cm³/mol. The van der Waals surface area contributed by atoms with Crippen molar-refractivity contribution in [1.82, 2.24) is 9.80 Å². The molecule has 0 aromatic carbocycles. The van der Waals surface area contributed by atoms with Crippen LogP contribution in [0, 0.1) is 11.8 Å². The molecule has 5 nitrogen and oxygen atoms in total. The SMILES string of the molecule is CC1CCCN(C(=O)C2CCN(C(=O)C3(N)CCCCC3)CC2)C1.Cl. The van der Waals surface area contributed by atoms with Gasteiger partial charge in [0.05, 0.1) is 5.54 Å². The molecule has 0 aromatic rings. The molecule has 2 saturated heterocycles. The molecule has 1 unspecified atom stereocenters. The highest BCUT2D eigenvalue weighted by atomic mass is 35.5. The van der Waals surface area contributed by atoms with Crippen LogP contribution in [0.3, 0.4) is 0 Å². The first-order chi connectivity index (χ1) is 11.5. The summed E-state index contributed by atoms with van der Waals surface area (Å²) in [4.78, 5) is 29.5. The molecule has 3 rings (SSSR count). The van der Waals surface area contributed by atoms with Gasteiger partial charge in [-0.2, -0.15) is 0 Å². The summed E-state index contributed by atoms with van der Waals surface area (Å²) in [6, 6.07) is 0. The zero-order chi connectivity index (χ0) is 17.2. The Morgan fingerprint density at radius 3 is 2.16 bits per heavy atom. The lowest BCUT2D eigenvalue weighted by Crippen LogP contribution is -2.58. The van der Waals surface area contributed by atoms with Gasteiger partial charge in [0, 0.05) is 32.1 Å². The topological polar surface area (TPSA) is 66.6 Å². The van der Waals surface area contributed by atoms with Crippen LogP contribution in [0.5, 0.6) is 0 Å². The van der Waals surface area contributed by atoms with Crippen molar-refractivity contribution in [3.63, 3.8) is 0 Å². The average Bonchev–Trinajstić information content (AvgIpc) is 2.61. The van der Waals surface area contributed by atoms with E-state index in [9.17, 15) is 9.59 Å². The molecule has 2 amide bonds. The number of carbonyl (C=O) groups excluding carboxylic acids is 2. The predicted octanol–water partition coefficient (Wildman–Crippen LogP) is 2.57. The summed E-state index contributed by atoms with van der Waals surface area (Å²) in [7, 11) is 0. The number of amides is 2. The van der Waals surface area contributed by atoms with E-state index in [0.29, 0.717) is 24.9 Å². The highest BCUT2D eigenvalue weighted by Crippen LogP contribution is 2.30. The quantitative estimate of drug-likeness (QED) is 0.811. The van der Waals surface area contributed by atoms with Crippen LogP contribution >= 0.6 is 12.4 Å². The van der Waals surface area contributed by atoms with Crippen molar-refractivity contribution in [3.05, 3.63) is 0 Å². The smallest absolute Gasteiger partial charge is 0.242 e. The molecule has 0 bridgehead atoms. The summed E-state index contributed by atoms with van der Waals surface area (Å²) in [5.41, 5.74) is 5.75. The maximum Gasteiger partial charge on any atom is 0.242 e. The van der Waals surface area contributed by atoms with Crippen molar-refractivity contribution >= 4 is 24.2 Å². The zero-order valence-corrected chi connectivity index (χ0v) is 16.4. The van der Waals surface area contributed by atoms with Crippen LogP contribution in [0.15, 0.2) is 0 Å². The Labute approximate surface area is 158 Å². The Morgan fingerprint density at radius 2 is 1.56 bits per heavy atom. The van der Waals surface area contributed by atoms with Crippen molar-refractivity contribution in [2.75, 3.05) is 26.2 Å². The van der Waals surface area contributed by atoms with Crippen LogP contribution in [0.4, 0.5) is 0 Å². The number of carbonyl (C=O) groups is 2. The second-order valence-electron chi connectivity index (χ2n) is 8.31. The van der Waals surface area contributed by atoms with Gasteiger partial charge >= 0.3 is 0 Å². The first-order valence-electron chi connectivity index (χ1n) is 9.87. The van der Waals surface area contributed by atoms with Gasteiger partial charge in [-0.25, -0.2) is 0 Å². The highest BCUT2D eigenvalue weighted by molar-refractivity contribution is 5.87. The molecular formula is C19H34ClN3O2. The number of nitrogens with two attached hydrogens (primary N) is 1. The van der Waals surface area contributed by atoms with Gasteiger partial charge in [0.1, 0.15) is 0 Å². The maximum absolute atomic E-state index is 12.8. The number of halogens is 1. The lowest BCUT2D eigenvalue weighted by molar-refractivity contribution is -0.144. The minimum absolute atomic E-state index is 0. The van der Waals surface area contributed by atoms with E-state index in [1.54, 1.807) is 0 Å². The fraction of sp³-hybridized carbons (Fsp3) is 0.895. The zero-order valence-electron chi connectivity index (χ0n) is 15.5. The van der Waals surface area contributed by atoms with Gasteiger partial charge in [0.2, 0.25) is 11.8 Å². The van der Waals surface area contributed by atoms with Crippen LogP contribution in [0.1, 0.15) is 64.7 Å². The Bertz CT molecular complexity index is 471. The van der Waals surface area contributed by atoms with E-state index >= 15 is 0 Å². The Kier molecular flexibility index (Phi) is 7.15. The van der Waals surface area contributed by atoms with E-state index in [0.717, 1.165) is 58.0 Å². The minimum Gasteiger partial charge on any atom is -0.342 e. The number of rotatable bonds is 2. The number of hydrogen-bond acceptors (Lipinski definition) is 3. The van der Waals surface area contributed by atoms with Crippen molar-refractivity contribution in [3.8, 4) is 0 Å². The third kappa shape index (κ3) is 4.68. The lowest BCUT2D eigenvalue weighted by Gasteiger charge is -2.41. The molecule has 0 aromatic heterocycles. The number of hydrogen-bond donors (Lipinski definition) is 1. The molecule has 3 aliphatic rings. The molecule has 0 radical (unpaired) electrons. The molecule has 3 fully saturated rings. The van der Waals surface area contributed by atoms with Gasteiger partial charge < -0.3 is 15.5 Å². The maximum atomic E-state index is 12.8. The van der Waals surface area contributed by atoms with Gasteiger partial charge in [-0.05, 0) is 44.4 Å². The Morgan fingerprint density at radius 1 is 0.920 bits per heavy atom. The average molecular weight is 372 g/mol. The molecule has 1 saturated carbocycles. The fourth-order valence-electron chi connectivity index (χ4n) is 4.69. The van der Waals surface area contributed by atoms with Crippen LogP contribution < -0.4 is 5.73 Å². The van der Waals surface area contributed by atoms with E-state index in [1.807, 2.05) is 4.90 Å². The van der Waals surface area contributed by atoms with Gasteiger partial charge in [-0.15, -0.1) is 12.4 Å². The third-order valence-electron chi connectivity index (χ3n) is 6.27. The molecular weight excluding hydrogens is 338 g/mol. The first kappa shape index (κ1) is 20.5. The molecule has 2 heterocycles. The Hall–Kier alpha value is -0.810. The number of likely N-dealkylation sites (tertiary alicyclic amines) is 2. The molecule has 144 valence electrons. The largest absolute Gasteiger partial charge is 0.342 e. The van der Waals surface area contributed by atoms with Gasteiger partial charge in [0.25, 0.3) is 0 Å². The second kappa shape index (κ2) is 8.72. The van der Waals surface area contributed by atoms with Crippen molar-refractivity contribution < 1.29 is 9.59 Å². The molecule has 6 heteroatoms. The van der Waals surface area contributed by atoms with E-state index in [4.69, 9.17) is 5.73 Å². The molecule has 2 N–H and O–H groups in total. The monoisotopic (exact) mass is 371 g/mol. The van der Waals surface area contributed by atoms with Crippen molar-refractivity contribution in [1.29, 1.82) is 0 Å². The van der Waals surface area contributed by atoms with E-state index in [-0.39, 0.29) is 24.2 Å². The second-order valence-corrected chi connectivity index (χ2v) is 8.31. The summed E-state index contributed by atoms with van der Waals surface area (Å²) >= 11 is 0. The van der Waals surface area contributed by atoms with Crippen LogP contribution in [0.2, 0.25) is 0 Å². The first-order valence-corrected chi connectivity index (χ1v) is 9.87. The molecule has 1 aliphatic carbocycles. The van der Waals surface area contributed by atoms with E-state index in [1.165, 1.54) is 12.8 Å². The minimum atomic E-state index is -0.641. The standard InChI is InChI=1S/C19H33N3O2.ClH/c1-15-6-5-11-22(14-15)17(23)16-7-12-21(13-8-16)18(24)19(20)9-3-2-4-10-19;/h15-16H,2-14,20H2,1H3;1H. The third-order valence-corrected chi connectivity index (χ3v) is 6.27. The van der Waals surface area contributed by atoms with Gasteiger partial charge in [-0.3, -0.25) is 9.59 Å². The summed E-state index contributed by atoms with van der Waals surface area (Å²) in [6.07, 6.45) is 8.89. The highest BCUT2D eigenvalue weighted by Gasteiger charge is 2.40. The van der Waals surface area contributed by atoms with E-state index in [2.05, 4.69) is 11.8 Å². The van der Waals surface area contributed by atoms with Crippen molar-refractivity contribution in [2.45, 2.75) is 70.3 Å². The van der Waals surface area contributed by atoms with Crippen LogP contribution in [-0.4, -0.2) is 53.3 Å². The lowest BCUT2D eigenvalue weighted by atomic mass is 9.81. The fourth-order valence-corrected chi connectivity index (χ4v) is 4.69. The summed E-state index contributed by atoms with van der Waals surface area (Å²) in [5.74, 6) is 1.15. The summed E-state index contributed by atoms with van der Waals surface area (Å²) in [5, 5.41) is 0. The normalized spacial score (nSPS) is 27.5.